The van der Waals surface area contributed by atoms with Crippen molar-refractivity contribution in [3.05, 3.63) is 29.8 Å². The Bertz CT molecular complexity index is 761. The molecule has 7 heteroatoms. The zero-order valence-electron chi connectivity index (χ0n) is 15.0. The first-order chi connectivity index (χ1) is 12.4. The van der Waals surface area contributed by atoms with E-state index in [1.165, 1.54) is 0 Å². The van der Waals surface area contributed by atoms with Crippen LogP contribution in [0.15, 0.2) is 24.3 Å². The SMILES string of the molecule is Cc1cccc(NC(=O)CN2C(=O)C(=O)N([C@H]3CCCC[C@@H]3C)C2=O)c1. The molecular formula is C19H23N3O4. The van der Waals surface area contributed by atoms with Gasteiger partial charge in [-0.2, -0.15) is 0 Å². The van der Waals surface area contributed by atoms with E-state index in [2.05, 4.69) is 5.32 Å². The first-order valence-corrected chi connectivity index (χ1v) is 8.94. The van der Waals surface area contributed by atoms with Gasteiger partial charge in [0.2, 0.25) is 5.91 Å². The van der Waals surface area contributed by atoms with Crippen LogP contribution in [0.25, 0.3) is 0 Å². The Kier molecular flexibility index (Phi) is 5.06. The van der Waals surface area contributed by atoms with Crippen LogP contribution in [-0.4, -0.2) is 46.1 Å². The summed E-state index contributed by atoms with van der Waals surface area (Å²) in [6, 6.07) is 6.25. The number of nitrogens with one attached hydrogen (secondary N) is 1. The molecule has 2 aliphatic rings. The molecule has 1 heterocycles. The maximum absolute atomic E-state index is 12.6. The number of imide groups is 2. The summed E-state index contributed by atoms with van der Waals surface area (Å²) in [6.07, 6.45) is 3.61. The molecule has 138 valence electrons. The van der Waals surface area contributed by atoms with Crippen molar-refractivity contribution in [1.29, 1.82) is 0 Å². The van der Waals surface area contributed by atoms with Crippen molar-refractivity contribution in [2.45, 2.75) is 45.6 Å². The van der Waals surface area contributed by atoms with Crippen LogP contribution in [0.5, 0.6) is 0 Å². The van der Waals surface area contributed by atoms with Crippen LogP contribution in [0.1, 0.15) is 38.2 Å². The van der Waals surface area contributed by atoms with E-state index in [4.69, 9.17) is 0 Å². The quantitative estimate of drug-likeness (QED) is 0.662. The maximum atomic E-state index is 12.6. The van der Waals surface area contributed by atoms with Crippen LogP contribution < -0.4 is 5.32 Å². The second-order valence-corrected chi connectivity index (χ2v) is 7.10. The molecule has 0 spiro atoms. The predicted molar refractivity (Wildman–Crippen MR) is 95.2 cm³/mol. The Morgan fingerprint density at radius 2 is 1.88 bits per heavy atom. The van der Waals surface area contributed by atoms with Crippen LogP contribution in [-0.2, 0) is 14.4 Å². The number of aryl methyl sites for hydroxylation is 1. The molecule has 0 bridgehead atoms. The van der Waals surface area contributed by atoms with E-state index in [1.54, 1.807) is 18.2 Å². The number of hydrogen-bond acceptors (Lipinski definition) is 4. The van der Waals surface area contributed by atoms with E-state index in [0.29, 0.717) is 12.1 Å². The number of hydrogen-bond donors (Lipinski definition) is 1. The molecule has 5 amide bonds. The van der Waals surface area contributed by atoms with Gasteiger partial charge in [0.15, 0.2) is 0 Å². The van der Waals surface area contributed by atoms with Gasteiger partial charge in [-0.1, -0.05) is 31.9 Å². The lowest BCUT2D eigenvalue weighted by Crippen LogP contribution is -2.46. The zero-order chi connectivity index (χ0) is 18.8. The van der Waals surface area contributed by atoms with Gasteiger partial charge in [-0.3, -0.25) is 19.3 Å². The number of anilines is 1. The largest absolute Gasteiger partial charge is 0.334 e. The fourth-order valence-corrected chi connectivity index (χ4v) is 3.70. The summed E-state index contributed by atoms with van der Waals surface area (Å²) < 4.78 is 0. The van der Waals surface area contributed by atoms with Crippen molar-refractivity contribution >= 4 is 29.4 Å². The van der Waals surface area contributed by atoms with Gasteiger partial charge in [0.1, 0.15) is 6.54 Å². The maximum Gasteiger partial charge on any atom is 0.334 e. The summed E-state index contributed by atoms with van der Waals surface area (Å²) in [5.41, 5.74) is 1.56. The zero-order valence-corrected chi connectivity index (χ0v) is 15.0. The Hall–Kier alpha value is -2.70. The molecule has 3 rings (SSSR count). The van der Waals surface area contributed by atoms with Crippen molar-refractivity contribution in [3.63, 3.8) is 0 Å². The molecule has 1 aliphatic carbocycles. The number of carbonyl (C=O) groups excluding carboxylic acids is 4. The molecule has 1 aliphatic heterocycles. The van der Waals surface area contributed by atoms with Gasteiger partial charge in [-0.05, 0) is 43.4 Å². The Labute approximate surface area is 152 Å². The first kappa shape index (κ1) is 18.1. The molecule has 1 aromatic rings. The van der Waals surface area contributed by atoms with E-state index >= 15 is 0 Å². The van der Waals surface area contributed by atoms with E-state index in [-0.39, 0.29) is 12.0 Å². The summed E-state index contributed by atoms with van der Waals surface area (Å²) in [6.45, 7) is 3.42. The first-order valence-electron chi connectivity index (χ1n) is 8.94. The van der Waals surface area contributed by atoms with E-state index in [0.717, 1.165) is 34.6 Å². The molecule has 7 nitrogen and oxygen atoms in total. The summed E-state index contributed by atoms with van der Waals surface area (Å²) in [7, 11) is 0. The Morgan fingerprint density at radius 1 is 1.15 bits per heavy atom. The Balaban J connectivity index is 1.70. The number of amides is 5. The lowest BCUT2D eigenvalue weighted by Gasteiger charge is -2.34. The smallest absolute Gasteiger partial charge is 0.325 e. The van der Waals surface area contributed by atoms with Crippen LogP contribution in [0, 0.1) is 12.8 Å². The Morgan fingerprint density at radius 3 is 2.58 bits per heavy atom. The minimum Gasteiger partial charge on any atom is -0.325 e. The fourth-order valence-electron chi connectivity index (χ4n) is 3.70. The van der Waals surface area contributed by atoms with Crippen LogP contribution in [0.4, 0.5) is 10.5 Å². The van der Waals surface area contributed by atoms with Crippen molar-refractivity contribution in [2.24, 2.45) is 5.92 Å². The van der Waals surface area contributed by atoms with E-state index in [1.807, 2.05) is 19.9 Å². The standard InChI is InChI=1S/C19H23N3O4/c1-12-6-5-8-14(10-12)20-16(23)11-21-17(24)18(25)22(19(21)26)15-9-4-3-7-13(15)2/h5-6,8,10,13,15H,3-4,7,9,11H2,1-2H3,(H,20,23)/t13-,15-/m0/s1. The van der Waals surface area contributed by atoms with E-state index in [9.17, 15) is 19.2 Å². The van der Waals surface area contributed by atoms with E-state index < -0.39 is 30.3 Å². The molecular weight excluding hydrogens is 334 g/mol. The van der Waals surface area contributed by atoms with Crippen molar-refractivity contribution in [3.8, 4) is 0 Å². The summed E-state index contributed by atoms with van der Waals surface area (Å²) in [4.78, 5) is 51.3. The molecule has 1 saturated carbocycles. The molecule has 2 atom stereocenters. The van der Waals surface area contributed by atoms with Gasteiger partial charge in [0.05, 0.1) is 0 Å². The van der Waals surface area contributed by atoms with Gasteiger partial charge >= 0.3 is 17.8 Å². The van der Waals surface area contributed by atoms with Crippen LogP contribution >= 0.6 is 0 Å². The normalized spacial score (nSPS) is 23.5. The molecule has 1 N–H and O–H groups in total. The second-order valence-electron chi connectivity index (χ2n) is 7.10. The van der Waals surface area contributed by atoms with Gasteiger partial charge in [-0.25, -0.2) is 9.69 Å². The topological polar surface area (TPSA) is 86.8 Å². The molecule has 1 aromatic carbocycles. The lowest BCUT2D eigenvalue weighted by atomic mass is 9.85. The highest BCUT2D eigenvalue weighted by atomic mass is 16.2. The average molecular weight is 357 g/mol. The number of urea groups is 1. The monoisotopic (exact) mass is 357 g/mol. The number of rotatable bonds is 4. The number of carbonyl (C=O) groups is 4. The van der Waals surface area contributed by atoms with Crippen molar-refractivity contribution in [2.75, 3.05) is 11.9 Å². The molecule has 26 heavy (non-hydrogen) atoms. The molecule has 0 radical (unpaired) electrons. The van der Waals surface area contributed by atoms with Crippen LogP contribution in [0.2, 0.25) is 0 Å². The van der Waals surface area contributed by atoms with Gasteiger partial charge in [0.25, 0.3) is 0 Å². The highest BCUT2D eigenvalue weighted by Crippen LogP contribution is 2.31. The summed E-state index contributed by atoms with van der Waals surface area (Å²) >= 11 is 0. The third kappa shape index (κ3) is 3.47. The van der Waals surface area contributed by atoms with Crippen molar-refractivity contribution in [1.82, 2.24) is 9.80 Å². The third-order valence-electron chi connectivity index (χ3n) is 5.09. The summed E-state index contributed by atoms with van der Waals surface area (Å²) in [5, 5.41) is 2.65. The second kappa shape index (κ2) is 7.27. The molecule has 0 aromatic heterocycles. The molecule has 0 unspecified atom stereocenters. The summed E-state index contributed by atoms with van der Waals surface area (Å²) in [5.74, 6) is -2.10. The van der Waals surface area contributed by atoms with Gasteiger partial charge < -0.3 is 5.32 Å². The minimum atomic E-state index is -0.924. The lowest BCUT2D eigenvalue weighted by molar-refractivity contribution is -0.145. The highest BCUT2D eigenvalue weighted by molar-refractivity contribution is 6.45. The molecule has 2 fully saturated rings. The van der Waals surface area contributed by atoms with Crippen LogP contribution in [0.3, 0.4) is 0 Å². The minimum absolute atomic E-state index is 0.158. The van der Waals surface area contributed by atoms with Crippen molar-refractivity contribution < 1.29 is 19.2 Å². The predicted octanol–water partition coefficient (Wildman–Crippen LogP) is 2.30. The molecule has 1 saturated heterocycles. The fraction of sp³-hybridized carbons (Fsp3) is 0.474. The number of nitrogens with zero attached hydrogens (tertiary/aromatic N) is 2. The average Bonchev–Trinajstić information content (AvgIpc) is 2.79. The number of benzene rings is 1. The van der Waals surface area contributed by atoms with Gasteiger partial charge in [0, 0.05) is 11.7 Å². The third-order valence-corrected chi connectivity index (χ3v) is 5.09. The van der Waals surface area contributed by atoms with Gasteiger partial charge in [-0.15, -0.1) is 0 Å². The highest BCUT2D eigenvalue weighted by Gasteiger charge is 2.49.